The molecule has 2 N–H and O–H groups in total. The summed E-state index contributed by atoms with van der Waals surface area (Å²) in [5, 5.41) is 22.5. The van der Waals surface area contributed by atoms with Crippen molar-refractivity contribution in [1.82, 2.24) is 15.5 Å². The van der Waals surface area contributed by atoms with Gasteiger partial charge in [-0.2, -0.15) is 0 Å². The lowest BCUT2D eigenvalue weighted by atomic mass is 10.1. The predicted octanol–water partition coefficient (Wildman–Crippen LogP) is 3.59. The van der Waals surface area contributed by atoms with Crippen molar-refractivity contribution < 1.29 is 9.84 Å². The highest BCUT2D eigenvalue weighted by Gasteiger charge is 2.13. The number of rotatable bonds is 9. The highest BCUT2D eigenvalue weighted by Crippen LogP contribution is 2.22. The number of nitrogens with one attached hydrogen (secondary N) is 1. The van der Waals surface area contributed by atoms with Crippen LogP contribution in [0.3, 0.4) is 0 Å². The molecule has 0 spiro atoms. The Bertz CT molecular complexity index is 677. The zero-order chi connectivity index (χ0) is 19.0. The predicted molar refractivity (Wildman–Crippen MR) is 107 cm³/mol. The molecule has 1 atom stereocenters. The molecule has 0 amide bonds. The summed E-state index contributed by atoms with van der Waals surface area (Å²) in [6.45, 7) is 6.96. The number of thioether (sulfide) groups is 1. The highest BCUT2D eigenvalue weighted by atomic mass is 35.5. The summed E-state index contributed by atoms with van der Waals surface area (Å²) in [5.41, 5.74) is 1.08. The smallest absolute Gasteiger partial charge is 0.151 e. The van der Waals surface area contributed by atoms with E-state index in [2.05, 4.69) is 36.3 Å². The molecule has 0 bridgehead atoms. The van der Waals surface area contributed by atoms with Crippen LogP contribution in [0.4, 0.5) is 0 Å². The van der Waals surface area contributed by atoms with E-state index in [1.165, 1.54) is 0 Å². The van der Waals surface area contributed by atoms with E-state index in [-0.39, 0.29) is 12.1 Å². The molecule has 1 heterocycles. The molecule has 7 heteroatoms. The molecule has 0 aliphatic rings. The minimum atomic E-state index is -0.555. The third kappa shape index (κ3) is 7.91. The van der Waals surface area contributed by atoms with Gasteiger partial charge in [-0.15, -0.1) is 22.0 Å². The fourth-order valence-corrected chi connectivity index (χ4v) is 3.06. The van der Waals surface area contributed by atoms with E-state index in [9.17, 15) is 5.11 Å². The van der Waals surface area contributed by atoms with Crippen molar-refractivity contribution in [3.05, 3.63) is 47.1 Å². The second kappa shape index (κ2) is 10.1. The van der Waals surface area contributed by atoms with Gasteiger partial charge in [0.25, 0.3) is 0 Å². The minimum Gasteiger partial charge on any atom is -0.491 e. The molecule has 0 aliphatic heterocycles. The Balaban J connectivity index is 1.82. The molecule has 0 radical (unpaired) electrons. The van der Waals surface area contributed by atoms with Gasteiger partial charge >= 0.3 is 0 Å². The number of nitrogens with zero attached hydrogens (tertiary/aromatic N) is 2. The quantitative estimate of drug-likeness (QED) is 0.632. The van der Waals surface area contributed by atoms with Crippen LogP contribution in [0, 0.1) is 0 Å². The average molecular weight is 396 g/mol. The molecule has 1 aromatic carbocycles. The van der Waals surface area contributed by atoms with Gasteiger partial charge in [-0.1, -0.05) is 29.8 Å². The van der Waals surface area contributed by atoms with E-state index in [4.69, 9.17) is 16.3 Å². The van der Waals surface area contributed by atoms with Gasteiger partial charge in [0.1, 0.15) is 23.5 Å². The Morgan fingerprint density at radius 3 is 2.65 bits per heavy atom. The van der Waals surface area contributed by atoms with Gasteiger partial charge < -0.3 is 15.2 Å². The number of ether oxygens (including phenoxy) is 1. The maximum atomic E-state index is 10.1. The fourth-order valence-electron chi connectivity index (χ4n) is 2.17. The van der Waals surface area contributed by atoms with E-state index in [0.717, 1.165) is 28.5 Å². The zero-order valence-electron chi connectivity index (χ0n) is 15.4. The van der Waals surface area contributed by atoms with Crippen LogP contribution < -0.4 is 10.1 Å². The second-order valence-corrected chi connectivity index (χ2v) is 8.50. The van der Waals surface area contributed by atoms with Crippen LogP contribution >= 0.6 is 23.4 Å². The number of aryl methyl sites for hydroxylation is 1. The Morgan fingerprint density at radius 1 is 1.19 bits per heavy atom. The summed E-state index contributed by atoms with van der Waals surface area (Å²) in [4.78, 5) is 0. The Hall–Kier alpha value is -1.34. The molecule has 1 unspecified atom stereocenters. The van der Waals surface area contributed by atoms with Gasteiger partial charge in [0, 0.05) is 17.8 Å². The van der Waals surface area contributed by atoms with Gasteiger partial charge in [0.15, 0.2) is 5.15 Å². The molecule has 0 aliphatic carbocycles. The number of halogens is 1. The first kappa shape index (κ1) is 21.0. The van der Waals surface area contributed by atoms with E-state index >= 15 is 0 Å². The number of aliphatic hydroxyl groups is 1. The SMILES string of the molecule is CC(C)(C)NCC(O)COc1ccccc1CCSc1ccc(Cl)nn1. The van der Waals surface area contributed by atoms with Crippen LogP contribution in [0.1, 0.15) is 26.3 Å². The molecule has 2 rings (SSSR count). The molecule has 0 saturated carbocycles. The molecule has 5 nitrogen and oxygen atoms in total. The number of β-amino-alcohol motifs (C(OH)–C–C–N with tert-alkyl or cyclic N) is 1. The first-order chi connectivity index (χ1) is 12.3. The molecular weight excluding hydrogens is 370 g/mol. The summed E-state index contributed by atoms with van der Waals surface area (Å²) in [5.74, 6) is 1.66. The van der Waals surface area contributed by atoms with E-state index in [1.807, 2.05) is 30.3 Å². The second-order valence-electron chi connectivity index (χ2n) is 7.00. The average Bonchev–Trinajstić information content (AvgIpc) is 2.60. The first-order valence-electron chi connectivity index (χ1n) is 8.59. The lowest BCUT2D eigenvalue weighted by Gasteiger charge is -2.23. The molecule has 0 fully saturated rings. The highest BCUT2D eigenvalue weighted by molar-refractivity contribution is 7.99. The maximum Gasteiger partial charge on any atom is 0.151 e. The number of para-hydroxylation sites is 1. The number of aliphatic hydroxyl groups excluding tert-OH is 1. The van der Waals surface area contributed by atoms with Gasteiger partial charge in [-0.05, 0) is 51.0 Å². The summed E-state index contributed by atoms with van der Waals surface area (Å²) in [7, 11) is 0. The topological polar surface area (TPSA) is 67.3 Å². The maximum absolute atomic E-state index is 10.1. The molecule has 142 valence electrons. The van der Waals surface area contributed by atoms with Crippen molar-refractivity contribution >= 4 is 23.4 Å². The summed E-state index contributed by atoms with van der Waals surface area (Å²) >= 11 is 7.37. The lowest BCUT2D eigenvalue weighted by molar-refractivity contribution is 0.0996. The lowest BCUT2D eigenvalue weighted by Crippen LogP contribution is -2.42. The van der Waals surface area contributed by atoms with Crippen molar-refractivity contribution in [3.8, 4) is 5.75 Å². The number of hydrogen-bond donors (Lipinski definition) is 2. The molecular formula is C19H26ClN3O2S. The Morgan fingerprint density at radius 2 is 1.96 bits per heavy atom. The van der Waals surface area contributed by atoms with Crippen LogP contribution in [0.2, 0.25) is 5.15 Å². The molecule has 0 saturated heterocycles. The summed E-state index contributed by atoms with van der Waals surface area (Å²) in [6, 6.07) is 11.5. The normalized spacial score (nSPS) is 12.8. The third-order valence-corrected chi connectivity index (χ3v) is 4.62. The van der Waals surface area contributed by atoms with Crippen molar-refractivity contribution in [2.75, 3.05) is 18.9 Å². The zero-order valence-corrected chi connectivity index (χ0v) is 17.0. The van der Waals surface area contributed by atoms with Crippen LogP contribution in [-0.4, -0.2) is 45.9 Å². The molecule has 1 aromatic heterocycles. The first-order valence-corrected chi connectivity index (χ1v) is 9.96. The van der Waals surface area contributed by atoms with Crippen molar-refractivity contribution in [2.45, 2.75) is 43.9 Å². The summed E-state index contributed by atoms with van der Waals surface area (Å²) in [6.07, 6.45) is 0.280. The number of benzene rings is 1. The van der Waals surface area contributed by atoms with Crippen molar-refractivity contribution in [3.63, 3.8) is 0 Å². The number of hydrogen-bond acceptors (Lipinski definition) is 6. The van der Waals surface area contributed by atoms with Crippen LogP contribution in [0.25, 0.3) is 0 Å². The van der Waals surface area contributed by atoms with Gasteiger partial charge in [0.2, 0.25) is 0 Å². The van der Waals surface area contributed by atoms with Crippen molar-refractivity contribution in [1.29, 1.82) is 0 Å². The number of aromatic nitrogens is 2. The summed E-state index contributed by atoms with van der Waals surface area (Å²) < 4.78 is 5.84. The monoisotopic (exact) mass is 395 g/mol. The van der Waals surface area contributed by atoms with Gasteiger partial charge in [-0.3, -0.25) is 0 Å². The minimum absolute atomic E-state index is 0.0271. The fraction of sp³-hybridized carbons (Fsp3) is 0.474. The van der Waals surface area contributed by atoms with Crippen LogP contribution in [-0.2, 0) is 6.42 Å². The Kier molecular flexibility index (Phi) is 8.15. The van der Waals surface area contributed by atoms with Gasteiger partial charge in [0.05, 0.1) is 0 Å². The van der Waals surface area contributed by atoms with Crippen LogP contribution in [0.5, 0.6) is 5.75 Å². The molecule has 2 aromatic rings. The Labute approximate surface area is 164 Å². The third-order valence-electron chi connectivity index (χ3n) is 3.50. The van der Waals surface area contributed by atoms with Gasteiger partial charge in [-0.25, -0.2) is 0 Å². The largest absolute Gasteiger partial charge is 0.491 e. The van der Waals surface area contributed by atoms with Crippen molar-refractivity contribution in [2.24, 2.45) is 0 Å². The van der Waals surface area contributed by atoms with Crippen LogP contribution in [0.15, 0.2) is 41.4 Å². The van der Waals surface area contributed by atoms with E-state index in [0.29, 0.717) is 11.7 Å². The van der Waals surface area contributed by atoms with E-state index < -0.39 is 6.10 Å². The standard InChI is InChI=1S/C19H26ClN3O2S/c1-19(2,3)21-12-15(24)13-25-16-7-5-4-6-14(16)10-11-26-18-9-8-17(20)22-23-18/h4-9,15,21,24H,10-13H2,1-3H3. The van der Waals surface area contributed by atoms with E-state index in [1.54, 1.807) is 17.8 Å². The molecule has 26 heavy (non-hydrogen) atoms.